The van der Waals surface area contributed by atoms with E-state index in [4.69, 9.17) is 4.74 Å². The van der Waals surface area contributed by atoms with Gasteiger partial charge in [0, 0.05) is 12.6 Å². The topological polar surface area (TPSA) is 30.3 Å². The molecule has 0 saturated heterocycles. The lowest BCUT2D eigenvalue weighted by molar-refractivity contribution is 0.202. The van der Waals surface area contributed by atoms with Gasteiger partial charge in [-0.05, 0) is 45.0 Å². The standard InChI is InChI=1S/C18H27N3O/c1-4-11-20(12-5-2)13-14-22-18-15-16(3)19-21(18)17-9-7-6-8-10-17/h6-10,15H,4-5,11-14H2,1-3H3. The third-order valence-electron chi connectivity index (χ3n) is 3.54. The van der Waals surface area contributed by atoms with Crippen molar-refractivity contribution in [1.29, 1.82) is 0 Å². The van der Waals surface area contributed by atoms with Crippen LogP contribution in [0.25, 0.3) is 5.69 Å². The van der Waals surface area contributed by atoms with Crippen LogP contribution < -0.4 is 4.74 Å². The molecule has 2 aromatic rings. The molecule has 0 fully saturated rings. The van der Waals surface area contributed by atoms with Crippen molar-refractivity contribution in [3.05, 3.63) is 42.1 Å². The quantitative estimate of drug-likeness (QED) is 0.708. The Hall–Kier alpha value is -1.81. The highest BCUT2D eigenvalue weighted by atomic mass is 16.5. The van der Waals surface area contributed by atoms with E-state index in [1.54, 1.807) is 0 Å². The number of hydrogen-bond donors (Lipinski definition) is 0. The molecule has 1 heterocycles. The van der Waals surface area contributed by atoms with Crippen LogP contribution in [0.4, 0.5) is 0 Å². The summed E-state index contributed by atoms with van der Waals surface area (Å²) in [6.07, 6.45) is 2.36. The summed E-state index contributed by atoms with van der Waals surface area (Å²) in [5.41, 5.74) is 2.00. The summed E-state index contributed by atoms with van der Waals surface area (Å²) in [7, 11) is 0. The van der Waals surface area contributed by atoms with Crippen LogP contribution in [0.3, 0.4) is 0 Å². The molecule has 0 N–H and O–H groups in total. The largest absolute Gasteiger partial charge is 0.476 e. The molecular weight excluding hydrogens is 274 g/mol. The Balaban J connectivity index is 1.98. The van der Waals surface area contributed by atoms with Crippen molar-refractivity contribution in [1.82, 2.24) is 14.7 Å². The molecule has 0 saturated carbocycles. The molecule has 4 heteroatoms. The average Bonchev–Trinajstić information content (AvgIpc) is 2.89. The van der Waals surface area contributed by atoms with E-state index >= 15 is 0 Å². The van der Waals surface area contributed by atoms with Gasteiger partial charge in [-0.1, -0.05) is 32.0 Å². The fraction of sp³-hybridized carbons (Fsp3) is 0.500. The van der Waals surface area contributed by atoms with Crippen molar-refractivity contribution in [2.45, 2.75) is 33.6 Å². The van der Waals surface area contributed by atoms with E-state index in [-0.39, 0.29) is 0 Å². The van der Waals surface area contributed by atoms with Crippen LogP contribution in [0.5, 0.6) is 5.88 Å². The Morgan fingerprint density at radius 3 is 2.36 bits per heavy atom. The minimum Gasteiger partial charge on any atom is -0.476 e. The molecule has 0 spiro atoms. The molecule has 0 aliphatic carbocycles. The lowest BCUT2D eigenvalue weighted by Crippen LogP contribution is -2.30. The normalized spacial score (nSPS) is 11.1. The second-order valence-electron chi connectivity index (χ2n) is 5.56. The molecule has 0 amide bonds. The van der Waals surface area contributed by atoms with Gasteiger partial charge in [-0.15, -0.1) is 0 Å². The first-order valence-electron chi connectivity index (χ1n) is 8.21. The second kappa shape index (κ2) is 8.59. The van der Waals surface area contributed by atoms with Crippen molar-refractivity contribution in [2.24, 2.45) is 0 Å². The highest BCUT2D eigenvalue weighted by molar-refractivity contribution is 5.35. The van der Waals surface area contributed by atoms with E-state index in [0.29, 0.717) is 6.61 Å². The van der Waals surface area contributed by atoms with Crippen LogP contribution in [0, 0.1) is 6.92 Å². The number of ether oxygens (including phenoxy) is 1. The van der Waals surface area contributed by atoms with E-state index in [2.05, 4.69) is 23.8 Å². The minimum atomic E-state index is 0.692. The molecule has 0 unspecified atom stereocenters. The van der Waals surface area contributed by atoms with E-state index in [1.165, 1.54) is 12.8 Å². The molecule has 4 nitrogen and oxygen atoms in total. The molecule has 0 aliphatic rings. The predicted molar refractivity (Wildman–Crippen MR) is 90.8 cm³/mol. The van der Waals surface area contributed by atoms with E-state index in [0.717, 1.165) is 36.9 Å². The van der Waals surface area contributed by atoms with Crippen molar-refractivity contribution in [2.75, 3.05) is 26.2 Å². The zero-order valence-electron chi connectivity index (χ0n) is 14.0. The molecule has 0 aliphatic heterocycles. The predicted octanol–water partition coefficient (Wildman–Crippen LogP) is 3.68. The number of aryl methyl sites for hydroxylation is 1. The van der Waals surface area contributed by atoms with Gasteiger partial charge in [0.1, 0.15) is 6.61 Å². The SMILES string of the molecule is CCCN(CCC)CCOc1cc(C)nn1-c1ccccc1. The molecule has 0 atom stereocenters. The third-order valence-corrected chi connectivity index (χ3v) is 3.54. The fourth-order valence-electron chi connectivity index (χ4n) is 2.58. The summed E-state index contributed by atoms with van der Waals surface area (Å²) in [5.74, 6) is 0.816. The van der Waals surface area contributed by atoms with Crippen molar-refractivity contribution >= 4 is 0 Å². The number of aromatic nitrogens is 2. The maximum Gasteiger partial charge on any atom is 0.216 e. The van der Waals surface area contributed by atoms with Crippen LogP contribution in [0.1, 0.15) is 32.4 Å². The first kappa shape index (κ1) is 16.6. The van der Waals surface area contributed by atoms with Crippen molar-refractivity contribution < 1.29 is 4.74 Å². The zero-order valence-corrected chi connectivity index (χ0v) is 14.0. The van der Waals surface area contributed by atoms with Crippen molar-refractivity contribution in [3.8, 4) is 11.6 Å². The van der Waals surface area contributed by atoms with Gasteiger partial charge in [0.2, 0.25) is 5.88 Å². The number of hydrogen-bond acceptors (Lipinski definition) is 3. The number of para-hydroxylation sites is 1. The Bertz CT molecular complexity index is 545. The van der Waals surface area contributed by atoms with E-state index in [9.17, 15) is 0 Å². The summed E-state index contributed by atoms with van der Waals surface area (Å²) >= 11 is 0. The Morgan fingerprint density at radius 2 is 1.73 bits per heavy atom. The van der Waals surface area contributed by atoms with Gasteiger partial charge in [0.25, 0.3) is 0 Å². The van der Waals surface area contributed by atoms with Gasteiger partial charge < -0.3 is 4.74 Å². The molecule has 2 rings (SSSR count). The first-order valence-corrected chi connectivity index (χ1v) is 8.21. The van der Waals surface area contributed by atoms with Gasteiger partial charge in [0.15, 0.2) is 0 Å². The highest BCUT2D eigenvalue weighted by Crippen LogP contribution is 2.19. The van der Waals surface area contributed by atoms with Gasteiger partial charge in [-0.2, -0.15) is 5.10 Å². The summed E-state index contributed by atoms with van der Waals surface area (Å²) in [5, 5.41) is 4.53. The summed E-state index contributed by atoms with van der Waals surface area (Å²) < 4.78 is 7.87. The van der Waals surface area contributed by atoms with E-state index < -0.39 is 0 Å². The molecule has 0 radical (unpaired) electrons. The van der Waals surface area contributed by atoms with E-state index in [1.807, 2.05) is 48.0 Å². The summed E-state index contributed by atoms with van der Waals surface area (Å²) in [6, 6.07) is 12.1. The Morgan fingerprint density at radius 1 is 1.05 bits per heavy atom. The lowest BCUT2D eigenvalue weighted by atomic mass is 10.3. The number of benzene rings is 1. The molecule has 120 valence electrons. The highest BCUT2D eigenvalue weighted by Gasteiger charge is 2.09. The van der Waals surface area contributed by atoms with Crippen LogP contribution in [-0.4, -0.2) is 40.9 Å². The summed E-state index contributed by atoms with van der Waals surface area (Å²) in [6.45, 7) is 10.3. The average molecular weight is 301 g/mol. The lowest BCUT2D eigenvalue weighted by Gasteiger charge is -2.20. The minimum absolute atomic E-state index is 0.692. The second-order valence-corrected chi connectivity index (χ2v) is 5.56. The molecular formula is C18H27N3O. The zero-order chi connectivity index (χ0) is 15.8. The molecule has 22 heavy (non-hydrogen) atoms. The monoisotopic (exact) mass is 301 g/mol. The van der Waals surface area contributed by atoms with Crippen LogP contribution in [0.15, 0.2) is 36.4 Å². The fourth-order valence-corrected chi connectivity index (χ4v) is 2.58. The molecule has 0 bridgehead atoms. The Kier molecular flexibility index (Phi) is 6.46. The molecule has 1 aromatic carbocycles. The van der Waals surface area contributed by atoms with Crippen molar-refractivity contribution in [3.63, 3.8) is 0 Å². The smallest absolute Gasteiger partial charge is 0.216 e. The van der Waals surface area contributed by atoms with Crippen LogP contribution >= 0.6 is 0 Å². The van der Waals surface area contributed by atoms with Gasteiger partial charge in [-0.3, -0.25) is 4.90 Å². The van der Waals surface area contributed by atoms with Crippen LogP contribution in [-0.2, 0) is 0 Å². The maximum absolute atomic E-state index is 5.99. The van der Waals surface area contributed by atoms with Crippen LogP contribution in [0.2, 0.25) is 0 Å². The Labute approximate surface area is 133 Å². The van der Waals surface area contributed by atoms with Gasteiger partial charge >= 0.3 is 0 Å². The third kappa shape index (κ3) is 4.60. The van der Waals surface area contributed by atoms with Gasteiger partial charge in [-0.25, -0.2) is 4.68 Å². The molecule has 1 aromatic heterocycles. The summed E-state index contributed by atoms with van der Waals surface area (Å²) in [4.78, 5) is 2.45. The number of rotatable bonds is 9. The number of nitrogens with zero attached hydrogens (tertiary/aromatic N) is 3. The van der Waals surface area contributed by atoms with Gasteiger partial charge in [0.05, 0.1) is 11.4 Å². The first-order chi connectivity index (χ1) is 10.7. The maximum atomic E-state index is 5.99.